The molecule has 138 valence electrons. The van der Waals surface area contributed by atoms with E-state index >= 15 is 0 Å². The smallest absolute Gasteiger partial charge is 0.327 e. The Morgan fingerprint density at radius 3 is 2.59 bits per heavy atom. The molecule has 4 amide bonds. The molecule has 0 aromatic heterocycles. The van der Waals surface area contributed by atoms with Gasteiger partial charge in [-0.2, -0.15) is 0 Å². The van der Waals surface area contributed by atoms with Gasteiger partial charge in [-0.15, -0.1) is 0 Å². The Morgan fingerprint density at radius 2 is 1.81 bits per heavy atom. The molecule has 2 aromatic carbocycles. The van der Waals surface area contributed by atoms with Crippen molar-refractivity contribution in [2.24, 2.45) is 0 Å². The number of anilines is 1. The number of benzene rings is 2. The quantitative estimate of drug-likeness (QED) is 0.827. The summed E-state index contributed by atoms with van der Waals surface area (Å²) in [7, 11) is 0. The average molecular weight is 365 g/mol. The van der Waals surface area contributed by atoms with E-state index in [2.05, 4.69) is 5.32 Å². The highest BCUT2D eigenvalue weighted by molar-refractivity contribution is 6.08. The Balaban J connectivity index is 1.44. The molecule has 2 aromatic rings. The number of carbonyl (C=O) groups is 3. The maximum atomic E-state index is 12.5. The van der Waals surface area contributed by atoms with Crippen LogP contribution in [0.15, 0.2) is 54.6 Å². The Kier molecular flexibility index (Phi) is 4.50. The molecule has 2 aliphatic heterocycles. The summed E-state index contributed by atoms with van der Waals surface area (Å²) in [5.74, 6) is 0.393. The van der Waals surface area contributed by atoms with Crippen molar-refractivity contribution in [2.75, 3.05) is 18.4 Å². The molecule has 0 aliphatic carbocycles. The van der Waals surface area contributed by atoms with E-state index in [-0.39, 0.29) is 18.5 Å². The molecule has 0 saturated carbocycles. The predicted molar refractivity (Wildman–Crippen MR) is 98.4 cm³/mol. The summed E-state index contributed by atoms with van der Waals surface area (Å²) in [6.07, 6.45) is 1.49. The average Bonchev–Trinajstić information content (AvgIpc) is 3.24. The second kappa shape index (κ2) is 7.11. The third-order valence-electron chi connectivity index (χ3n) is 4.71. The molecule has 0 spiro atoms. The fraction of sp³-hybridized carbons (Fsp3) is 0.250. The Morgan fingerprint density at radius 1 is 1.07 bits per heavy atom. The molecule has 0 unspecified atom stereocenters. The third kappa shape index (κ3) is 3.36. The van der Waals surface area contributed by atoms with E-state index in [1.54, 1.807) is 29.2 Å². The van der Waals surface area contributed by atoms with Crippen molar-refractivity contribution < 1.29 is 19.1 Å². The Bertz CT molecular complexity index is 862. The molecule has 0 bridgehead atoms. The number of hydrogen-bond donors (Lipinski definition) is 1. The molecule has 7 nitrogen and oxygen atoms in total. The van der Waals surface area contributed by atoms with Crippen LogP contribution in [0.5, 0.6) is 11.5 Å². The molecule has 2 fully saturated rings. The zero-order valence-corrected chi connectivity index (χ0v) is 14.6. The number of carbonyl (C=O) groups excluding carboxylic acids is 3. The van der Waals surface area contributed by atoms with Gasteiger partial charge in [-0.25, -0.2) is 4.79 Å². The molecule has 2 saturated heterocycles. The maximum absolute atomic E-state index is 12.5. The number of imide groups is 1. The summed E-state index contributed by atoms with van der Waals surface area (Å²) in [5.41, 5.74) is 0.478. The molecule has 27 heavy (non-hydrogen) atoms. The van der Waals surface area contributed by atoms with Crippen molar-refractivity contribution in [1.82, 2.24) is 9.80 Å². The zero-order chi connectivity index (χ0) is 18.8. The van der Waals surface area contributed by atoms with Crippen LogP contribution in [0.2, 0.25) is 0 Å². The van der Waals surface area contributed by atoms with E-state index in [1.807, 2.05) is 30.3 Å². The van der Waals surface area contributed by atoms with Crippen LogP contribution in [0.1, 0.15) is 12.8 Å². The summed E-state index contributed by atoms with van der Waals surface area (Å²) in [6.45, 7) is 0.269. The van der Waals surface area contributed by atoms with E-state index < -0.39 is 11.9 Å². The molecule has 7 heteroatoms. The van der Waals surface area contributed by atoms with Crippen LogP contribution in [0.4, 0.5) is 10.5 Å². The number of para-hydroxylation sites is 3. The number of nitrogens with one attached hydrogen (secondary N) is 1. The molecule has 2 aliphatic rings. The second-order valence-electron chi connectivity index (χ2n) is 6.52. The van der Waals surface area contributed by atoms with E-state index in [1.165, 1.54) is 0 Å². The minimum atomic E-state index is -0.443. The van der Waals surface area contributed by atoms with Crippen molar-refractivity contribution in [3.63, 3.8) is 0 Å². The molecular weight excluding hydrogens is 346 g/mol. The normalized spacial score (nSPS) is 18.6. The lowest BCUT2D eigenvalue weighted by Gasteiger charge is -2.16. The number of ether oxygens (including phenoxy) is 1. The van der Waals surface area contributed by atoms with Gasteiger partial charge in [0, 0.05) is 6.54 Å². The zero-order valence-electron chi connectivity index (χ0n) is 14.6. The number of amides is 4. The fourth-order valence-electron chi connectivity index (χ4n) is 3.43. The Labute approximate surface area is 156 Å². The van der Waals surface area contributed by atoms with Gasteiger partial charge in [0.05, 0.1) is 5.69 Å². The van der Waals surface area contributed by atoms with Crippen molar-refractivity contribution >= 4 is 23.5 Å². The SMILES string of the molecule is O=C(CN1C(=O)[C@H]2CCCN2C1=O)Nc1ccccc1Oc1ccccc1. The van der Waals surface area contributed by atoms with Gasteiger partial charge in [0.1, 0.15) is 18.3 Å². The van der Waals surface area contributed by atoms with Crippen molar-refractivity contribution in [1.29, 1.82) is 0 Å². The topological polar surface area (TPSA) is 79.0 Å². The van der Waals surface area contributed by atoms with Gasteiger partial charge in [-0.05, 0) is 37.1 Å². The molecular formula is C20H19N3O4. The van der Waals surface area contributed by atoms with Gasteiger partial charge in [0.25, 0.3) is 5.91 Å². The van der Waals surface area contributed by atoms with Crippen LogP contribution in [0.3, 0.4) is 0 Å². The summed E-state index contributed by atoms with van der Waals surface area (Å²) < 4.78 is 5.81. The lowest BCUT2D eigenvalue weighted by molar-refractivity contribution is -0.131. The van der Waals surface area contributed by atoms with Crippen LogP contribution < -0.4 is 10.1 Å². The lowest BCUT2D eigenvalue weighted by Crippen LogP contribution is -2.39. The highest BCUT2D eigenvalue weighted by Gasteiger charge is 2.47. The predicted octanol–water partition coefficient (Wildman–Crippen LogP) is 2.84. The fourth-order valence-corrected chi connectivity index (χ4v) is 3.43. The minimum Gasteiger partial charge on any atom is -0.455 e. The maximum Gasteiger partial charge on any atom is 0.327 e. The summed E-state index contributed by atoms with van der Waals surface area (Å²) in [6, 6.07) is 15.5. The van der Waals surface area contributed by atoms with Crippen molar-refractivity contribution in [3.05, 3.63) is 54.6 Å². The second-order valence-corrected chi connectivity index (χ2v) is 6.52. The highest BCUT2D eigenvalue weighted by atomic mass is 16.5. The van der Waals surface area contributed by atoms with Crippen LogP contribution in [0, 0.1) is 0 Å². The highest BCUT2D eigenvalue weighted by Crippen LogP contribution is 2.30. The van der Waals surface area contributed by atoms with E-state index in [0.717, 1.165) is 11.3 Å². The van der Waals surface area contributed by atoms with Crippen LogP contribution in [-0.2, 0) is 9.59 Å². The monoisotopic (exact) mass is 365 g/mol. The Hall–Kier alpha value is -3.35. The van der Waals surface area contributed by atoms with Gasteiger partial charge in [-0.1, -0.05) is 30.3 Å². The summed E-state index contributed by atoms with van der Waals surface area (Å²) in [5, 5.41) is 2.74. The summed E-state index contributed by atoms with van der Waals surface area (Å²) in [4.78, 5) is 39.7. The van der Waals surface area contributed by atoms with E-state index in [4.69, 9.17) is 4.74 Å². The first kappa shape index (κ1) is 17.1. The summed E-state index contributed by atoms with van der Waals surface area (Å²) >= 11 is 0. The van der Waals surface area contributed by atoms with Gasteiger partial charge in [0.15, 0.2) is 5.75 Å². The molecule has 1 atom stereocenters. The number of hydrogen-bond acceptors (Lipinski definition) is 4. The van der Waals surface area contributed by atoms with Gasteiger partial charge in [-0.3, -0.25) is 14.5 Å². The first-order valence-corrected chi connectivity index (χ1v) is 8.87. The van der Waals surface area contributed by atoms with Crippen molar-refractivity contribution in [2.45, 2.75) is 18.9 Å². The van der Waals surface area contributed by atoms with Crippen LogP contribution in [0.25, 0.3) is 0 Å². The number of urea groups is 1. The van der Waals surface area contributed by atoms with Crippen LogP contribution >= 0.6 is 0 Å². The number of fused-ring (bicyclic) bond motifs is 1. The minimum absolute atomic E-state index is 0.290. The largest absolute Gasteiger partial charge is 0.455 e. The molecule has 0 radical (unpaired) electrons. The third-order valence-corrected chi connectivity index (χ3v) is 4.71. The van der Waals surface area contributed by atoms with Gasteiger partial charge < -0.3 is 15.0 Å². The standard InChI is InChI=1S/C20H19N3O4/c24-18(13-23-19(25)16-10-6-12-22(16)20(23)26)21-15-9-4-5-11-17(15)27-14-7-2-1-3-8-14/h1-5,7-9,11,16H,6,10,12-13H2,(H,21,24)/t16-/m1/s1. The number of rotatable bonds is 5. The van der Waals surface area contributed by atoms with Crippen molar-refractivity contribution in [3.8, 4) is 11.5 Å². The molecule has 4 rings (SSSR count). The van der Waals surface area contributed by atoms with Gasteiger partial charge >= 0.3 is 6.03 Å². The molecule has 2 heterocycles. The molecule has 1 N–H and O–H groups in total. The number of nitrogens with zero attached hydrogens (tertiary/aromatic N) is 2. The van der Waals surface area contributed by atoms with Crippen LogP contribution in [-0.4, -0.2) is 46.8 Å². The van der Waals surface area contributed by atoms with Gasteiger partial charge in [0.2, 0.25) is 5.91 Å². The lowest BCUT2D eigenvalue weighted by atomic mass is 10.2. The van der Waals surface area contributed by atoms with E-state index in [0.29, 0.717) is 30.2 Å². The first-order chi connectivity index (χ1) is 13.1. The van der Waals surface area contributed by atoms with E-state index in [9.17, 15) is 14.4 Å². The first-order valence-electron chi connectivity index (χ1n) is 8.87.